The molecule has 13 nitrogen and oxygen atoms in total. The third-order valence-corrected chi connectivity index (χ3v) is 5.90. The average Bonchev–Trinajstić information content (AvgIpc) is 3.34. The van der Waals surface area contributed by atoms with E-state index in [2.05, 4.69) is 25.2 Å². The van der Waals surface area contributed by atoms with Gasteiger partial charge in [-0.05, 0) is 51.1 Å². The zero-order chi connectivity index (χ0) is 29.3. The maximum Gasteiger partial charge on any atom is 0.339 e. The fraction of sp³-hybridized carbons (Fsp3) is 0.286. The molecule has 2 aliphatic heterocycles. The Hall–Kier alpha value is -5.20. The molecule has 41 heavy (non-hydrogen) atoms. The number of ether oxygens (including phenoxy) is 4. The number of amides is 1. The minimum absolute atomic E-state index is 0.0289. The summed E-state index contributed by atoms with van der Waals surface area (Å²) in [7, 11) is 1.97. The number of aliphatic imine (C=N–C) groups is 1. The maximum absolute atomic E-state index is 12.9. The van der Waals surface area contributed by atoms with Crippen LogP contribution in [0.3, 0.4) is 0 Å². The Kier molecular flexibility index (Phi) is 7.18. The van der Waals surface area contributed by atoms with Gasteiger partial charge in [-0.3, -0.25) is 15.2 Å². The van der Waals surface area contributed by atoms with E-state index in [1.807, 2.05) is 25.2 Å². The molecule has 2 aliphatic rings. The van der Waals surface area contributed by atoms with Gasteiger partial charge < -0.3 is 34.9 Å². The molecule has 5 rings (SSSR count). The zero-order valence-corrected chi connectivity index (χ0v) is 23.0. The number of hydrogen-bond donors (Lipinski definition) is 3. The number of carbonyl (C=O) groups is 2. The van der Waals surface area contributed by atoms with Crippen molar-refractivity contribution in [3.8, 4) is 29.3 Å². The molecule has 0 radical (unpaired) electrons. The van der Waals surface area contributed by atoms with Gasteiger partial charge in [-0.2, -0.15) is 9.97 Å². The second-order valence-corrected chi connectivity index (χ2v) is 10.3. The lowest BCUT2D eigenvalue weighted by Crippen LogP contribution is -2.27. The molecule has 13 heteroatoms. The highest BCUT2D eigenvalue weighted by Crippen LogP contribution is 2.39. The molecule has 0 bridgehead atoms. The summed E-state index contributed by atoms with van der Waals surface area (Å²) in [5, 5.41) is 10.5. The Bertz CT molecular complexity index is 1580. The van der Waals surface area contributed by atoms with Crippen molar-refractivity contribution in [1.29, 1.82) is 5.41 Å². The summed E-state index contributed by atoms with van der Waals surface area (Å²) in [5.74, 6) is 0.0113. The third-order valence-electron chi connectivity index (χ3n) is 5.90. The largest absolute Gasteiger partial charge is 0.466 e. The van der Waals surface area contributed by atoms with Crippen molar-refractivity contribution >= 4 is 29.2 Å². The molecule has 0 atom stereocenters. The number of aromatic nitrogens is 2. The number of nitrogens with one attached hydrogen (secondary N) is 2. The average molecular weight is 560 g/mol. The van der Waals surface area contributed by atoms with E-state index in [-0.39, 0.29) is 52.8 Å². The normalized spacial score (nSPS) is 14.4. The lowest BCUT2D eigenvalue weighted by molar-refractivity contribution is -0.118. The first-order valence-corrected chi connectivity index (χ1v) is 12.7. The van der Waals surface area contributed by atoms with E-state index in [4.69, 9.17) is 30.1 Å². The fourth-order valence-corrected chi connectivity index (χ4v) is 4.13. The van der Waals surface area contributed by atoms with Crippen LogP contribution in [-0.4, -0.2) is 70.8 Å². The highest BCUT2D eigenvalue weighted by atomic mass is 16.6. The number of nitrogen functional groups attached to an aromatic ring is 1. The minimum atomic E-state index is -0.779. The molecule has 0 spiro atoms. The number of esters is 1. The van der Waals surface area contributed by atoms with Crippen molar-refractivity contribution in [3.05, 3.63) is 59.2 Å². The third kappa shape index (κ3) is 6.19. The zero-order valence-electron chi connectivity index (χ0n) is 23.0. The smallest absolute Gasteiger partial charge is 0.339 e. The van der Waals surface area contributed by atoms with Crippen LogP contribution >= 0.6 is 0 Å². The highest BCUT2D eigenvalue weighted by Gasteiger charge is 2.27. The van der Waals surface area contributed by atoms with E-state index in [0.29, 0.717) is 5.75 Å². The van der Waals surface area contributed by atoms with Gasteiger partial charge in [0.15, 0.2) is 12.3 Å². The van der Waals surface area contributed by atoms with E-state index in [9.17, 15) is 9.59 Å². The number of benzene rings is 2. The van der Waals surface area contributed by atoms with Crippen molar-refractivity contribution in [1.82, 2.24) is 14.9 Å². The molecule has 4 N–H and O–H groups in total. The minimum Gasteiger partial charge on any atom is -0.466 e. The number of nitrogens with zero attached hydrogens (tertiary/aromatic N) is 4. The summed E-state index contributed by atoms with van der Waals surface area (Å²) < 4.78 is 23.0. The molecule has 212 valence electrons. The van der Waals surface area contributed by atoms with Crippen molar-refractivity contribution in [2.45, 2.75) is 26.4 Å². The van der Waals surface area contributed by atoms with Crippen LogP contribution in [0.2, 0.25) is 0 Å². The van der Waals surface area contributed by atoms with Gasteiger partial charge in [0.1, 0.15) is 28.8 Å². The molecule has 1 amide bonds. The molecule has 1 aromatic heterocycles. The molecule has 2 aromatic carbocycles. The summed E-state index contributed by atoms with van der Waals surface area (Å²) in [6.07, 6.45) is 0. The SMILES string of the molecule is CN1CCN=C1c1cccc(Oc2nc3c(c(Oc4ccc(C(=N)N)c(C(=O)OC(C)(C)C)c4)n2)NC(=O)CO3)c1. The van der Waals surface area contributed by atoms with Crippen LogP contribution in [0.1, 0.15) is 42.3 Å². The van der Waals surface area contributed by atoms with E-state index in [0.717, 1.165) is 24.5 Å². The van der Waals surface area contributed by atoms with Crippen molar-refractivity contribution < 1.29 is 28.5 Å². The summed E-state index contributed by atoms with van der Waals surface area (Å²) in [5.41, 5.74) is 6.10. The van der Waals surface area contributed by atoms with E-state index < -0.39 is 17.5 Å². The lowest BCUT2D eigenvalue weighted by Gasteiger charge is -2.21. The molecule has 3 aromatic rings. The van der Waals surface area contributed by atoms with Gasteiger partial charge in [0, 0.05) is 24.7 Å². The Morgan fingerprint density at radius 1 is 1.10 bits per heavy atom. The molecule has 0 unspecified atom stereocenters. The van der Waals surface area contributed by atoms with Gasteiger partial charge in [-0.15, -0.1) is 0 Å². The van der Waals surface area contributed by atoms with Crippen LogP contribution in [0, 0.1) is 5.41 Å². The molecule has 0 saturated carbocycles. The number of hydrogen-bond acceptors (Lipinski definition) is 11. The quantitative estimate of drug-likeness (QED) is 0.221. The van der Waals surface area contributed by atoms with Gasteiger partial charge in [0.2, 0.25) is 5.88 Å². The molecular weight excluding hydrogens is 530 g/mol. The summed E-state index contributed by atoms with van der Waals surface area (Å²) >= 11 is 0. The Balaban J connectivity index is 1.49. The van der Waals surface area contributed by atoms with Crippen LogP contribution in [0.15, 0.2) is 47.5 Å². The molecule has 0 fully saturated rings. The van der Waals surface area contributed by atoms with Crippen LogP contribution in [0.5, 0.6) is 29.3 Å². The summed E-state index contributed by atoms with van der Waals surface area (Å²) in [4.78, 5) is 40.3. The van der Waals surface area contributed by atoms with E-state index >= 15 is 0 Å². The van der Waals surface area contributed by atoms with E-state index in [1.165, 1.54) is 18.2 Å². The topological polar surface area (TPSA) is 174 Å². The number of carbonyl (C=O) groups excluding carboxylic acids is 2. The molecular formula is C28H29N7O6. The van der Waals surface area contributed by atoms with Crippen LogP contribution in [0.25, 0.3) is 0 Å². The number of fused-ring (bicyclic) bond motifs is 1. The van der Waals surface area contributed by atoms with Gasteiger partial charge >= 0.3 is 12.0 Å². The molecule has 0 aliphatic carbocycles. The van der Waals surface area contributed by atoms with Crippen LogP contribution in [-0.2, 0) is 9.53 Å². The van der Waals surface area contributed by atoms with Crippen molar-refractivity contribution in [2.75, 3.05) is 32.1 Å². The number of amidine groups is 2. The Labute approximate surface area is 235 Å². The van der Waals surface area contributed by atoms with Gasteiger partial charge in [-0.25, -0.2) is 4.79 Å². The second kappa shape index (κ2) is 10.8. The van der Waals surface area contributed by atoms with Gasteiger partial charge in [0.05, 0.1) is 12.1 Å². The van der Waals surface area contributed by atoms with Crippen LogP contribution < -0.4 is 25.3 Å². The monoisotopic (exact) mass is 559 g/mol. The standard InChI is InChI=1S/C28H29N7O6/c1-28(2,3)41-26(37)19-13-17(8-9-18(19)22(29)30)39-25-21-24(38-14-20(36)32-21)33-27(34-25)40-16-7-5-6-15(12-16)23-31-10-11-35(23)4/h5-9,12-13H,10-11,14H2,1-4H3,(H3,29,30)(H,32,36). The van der Waals surface area contributed by atoms with Crippen molar-refractivity contribution in [2.24, 2.45) is 10.7 Å². The maximum atomic E-state index is 12.9. The predicted octanol–water partition coefficient (Wildman–Crippen LogP) is 3.32. The first-order chi connectivity index (χ1) is 19.5. The molecule has 0 saturated heterocycles. The predicted molar refractivity (Wildman–Crippen MR) is 149 cm³/mol. The second-order valence-electron chi connectivity index (χ2n) is 10.3. The Morgan fingerprint density at radius 2 is 1.88 bits per heavy atom. The fourth-order valence-electron chi connectivity index (χ4n) is 4.13. The van der Waals surface area contributed by atoms with Crippen molar-refractivity contribution in [3.63, 3.8) is 0 Å². The van der Waals surface area contributed by atoms with E-state index in [1.54, 1.807) is 26.8 Å². The molecule has 3 heterocycles. The highest BCUT2D eigenvalue weighted by molar-refractivity contribution is 6.06. The number of likely N-dealkylation sites (N-methyl/N-ethyl adjacent to an activating group) is 1. The van der Waals surface area contributed by atoms with Gasteiger partial charge in [-0.1, -0.05) is 12.1 Å². The summed E-state index contributed by atoms with van der Waals surface area (Å²) in [6.45, 7) is 6.49. The first kappa shape index (κ1) is 27.4. The lowest BCUT2D eigenvalue weighted by atomic mass is 10.1. The first-order valence-electron chi connectivity index (χ1n) is 12.7. The Morgan fingerprint density at radius 3 is 2.59 bits per heavy atom. The number of nitrogens with two attached hydrogens (primary N) is 1. The number of anilines is 1. The number of rotatable bonds is 7. The summed E-state index contributed by atoms with van der Waals surface area (Å²) in [6, 6.07) is 11.6. The van der Waals surface area contributed by atoms with Crippen LogP contribution in [0.4, 0.5) is 5.69 Å². The van der Waals surface area contributed by atoms with Gasteiger partial charge in [0.25, 0.3) is 11.8 Å².